The van der Waals surface area contributed by atoms with Crippen LogP contribution >= 0.6 is 27.7 Å². The van der Waals surface area contributed by atoms with Crippen molar-refractivity contribution in [3.63, 3.8) is 0 Å². The third-order valence-electron chi connectivity index (χ3n) is 5.26. The number of amides is 2. The molecule has 3 aromatic rings. The highest BCUT2D eigenvalue weighted by molar-refractivity contribution is 9.10. The highest BCUT2D eigenvalue weighted by atomic mass is 79.9. The molecule has 1 aromatic heterocycles. The van der Waals surface area contributed by atoms with Crippen LogP contribution in [0, 0.1) is 0 Å². The SMILES string of the molecule is CCc1nnc(SCC(=O)Nc2ccc(N3CCN(C(=O)c4ccccc4Br)CC3)cc2)o1. The molecule has 10 heteroatoms. The molecule has 0 atom stereocenters. The van der Waals surface area contributed by atoms with E-state index in [1.54, 1.807) is 0 Å². The van der Waals surface area contributed by atoms with Gasteiger partial charge in [0.1, 0.15) is 0 Å². The molecule has 1 fully saturated rings. The Labute approximate surface area is 204 Å². The fourth-order valence-corrected chi connectivity index (χ4v) is 4.53. The minimum atomic E-state index is -0.136. The largest absolute Gasteiger partial charge is 0.416 e. The van der Waals surface area contributed by atoms with Crippen LogP contribution in [-0.2, 0) is 11.2 Å². The molecule has 172 valence electrons. The molecule has 2 heterocycles. The average molecular weight is 530 g/mol. The molecule has 1 saturated heterocycles. The summed E-state index contributed by atoms with van der Waals surface area (Å²) in [7, 11) is 0. The first-order valence-electron chi connectivity index (χ1n) is 10.7. The molecule has 8 nitrogen and oxygen atoms in total. The highest BCUT2D eigenvalue weighted by Gasteiger charge is 2.23. The average Bonchev–Trinajstić information content (AvgIpc) is 3.32. The molecule has 4 rings (SSSR count). The third-order valence-corrected chi connectivity index (χ3v) is 6.77. The predicted octanol–water partition coefficient (Wildman–Crippen LogP) is 4.09. The maximum atomic E-state index is 12.8. The quantitative estimate of drug-likeness (QED) is 0.460. The number of nitrogens with zero attached hydrogens (tertiary/aromatic N) is 4. The van der Waals surface area contributed by atoms with Crippen molar-refractivity contribution in [3.05, 3.63) is 64.5 Å². The van der Waals surface area contributed by atoms with E-state index in [2.05, 4.69) is 36.3 Å². The van der Waals surface area contributed by atoms with Gasteiger partial charge < -0.3 is 19.5 Å². The summed E-state index contributed by atoms with van der Waals surface area (Å²) in [5, 5.41) is 11.1. The number of nitrogens with one attached hydrogen (secondary N) is 1. The number of benzene rings is 2. The number of anilines is 2. The molecule has 0 unspecified atom stereocenters. The van der Waals surface area contributed by atoms with Gasteiger partial charge in [-0.25, -0.2) is 0 Å². The van der Waals surface area contributed by atoms with Crippen LogP contribution in [0.1, 0.15) is 23.2 Å². The van der Waals surface area contributed by atoms with E-state index in [1.165, 1.54) is 11.8 Å². The summed E-state index contributed by atoms with van der Waals surface area (Å²) >= 11 is 4.68. The number of hydrogen-bond acceptors (Lipinski definition) is 7. The maximum Gasteiger partial charge on any atom is 0.277 e. The number of aryl methyl sites for hydroxylation is 1. The lowest BCUT2D eigenvalue weighted by Gasteiger charge is -2.36. The van der Waals surface area contributed by atoms with Gasteiger partial charge in [-0.15, -0.1) is 10.2 Å². The molecule has 1 N–H and O–H groups in total. The number of rotatable bonds is 7. The van der Waals surface area contributed by atoms with E-state index in [4.69, 9.17) is 4.42 Å². The van der Waals surface area contributed by atoms with E-state index in [-0.39, 0.29) is 17.6 Å². The lowest BCUT2D eigenvalue weighted by molar-refractivity contribution is -0.113. The summed E-state index contributed by atoms with van der Waals surface area (Å²) in [6.45, 7) is 4.75. The van der Waals surface area contributed by atoms with Gasteiger partial charge in [0.05, 0.1) is 11.3 Å². The Morgan fingerprint density at radius 3 is 2.45 bits per heavy atom. The van der Waals surface area contributed by atoms with Crippen molar-refractivity contribution in [1.82, 2.24) is 15.1 Å². The fourth-order valence-electron chi connectivity index (χ4n) is 3.49. The molecular weight excluding hydrogens is 506 g/mol. The molecule has 0 bridgehead atoms. The smallest absolute Gasteiger partial charge is 0.277 e. The van der Waals surface area contributed by atoms with E-state index in [0.29, 0.717) is 36.2 Å². The Hall–Kier alpha value is -2.85. The number of piperazine rings is 1. The second-order valence-electron chi connectivity index (χ2n) is 7.46. The van der Waals surface area contributed by atoms with Crippen molar-refractivity contribution in [2.75, 3.05) is 42.1 Å². The highest BCUT2D eigenvalue weighted by Crippen LogP contribution is 2.23. The summed E-state index contributed by atoms with van der Waals surface area (Å²) in [4.78, 5) is 29.1. The van der Waals surface area contributed by atoms with Crippen molar-refractivity contribution in [2.24, 2.45) is 0 Å². The zero-order valence-corrected chi connectivity index (χ0v) is 20.6. The zero-order chi connectivity index (χ0) is 23.2. The van der Waals surface area contributed by atoms with E-state index in [0.717, 1.165) is 28.9 Å². The first-order chi connectivity index (χ1) is 16.0. The van der Waals surface area contributed by atoms with Gasteiger partial charge in [-0.1, -0.05) is 30.8 Å². The van der Waals surface area contributed by atoms with Crippen LogP contribution in [-0.4, -0.2) is 58.8 Å². The van der Waals surface area contributed by atoms with Gasteiger partial charge in [-0.05, 0) is 52.3 Å². The van der Waals surface area contributed by atoms with Crippen molar-refractivity contribution in [1.29, 1.82) is 0 Å². The van der Waals surface area contributed by atoms with Gasteiger partial charge in [0.2, 0.25) is 11.8 Å². The lowest BCUT2D eigenvalue weighted by Crippen LogP contribution is -2.48. The number of halogens is 1. The number of aromatic nitrogens is 2. The molecule has 0 radical (unpaired) electrons. The first-order valence-corrected chi connectivity index (χ1v) is 12.4. The molecule has 0 saturated carbocycles. The normalized spacial score (nSPS) is 13.8. The molecule has 0 spiro atoms. The molecular formula is C23H24BrN5O3S. The second-order valence-corrected chi connectivity index (χ2v) is 9.24. The van der Waals surface area contributed by atoms with Gasteiger partial charge in [-0.2, -0.15) is 0 Å². The molecule has 2 amide bonds. The summed E-state index contributed by atoms with van der Waals surface area (Å²) in [5.41, 5.74) is 2.48. The number of carbonyl (C=O) groups excluding carboxylic acids is 2. The molecule has 33 heavy (non-hydrogen) atoms. The maximum absolute atomic E-state index is 12.8. The van der Waals surface area contributed by atoms with Gasteiger partial charge in [0, 0.05) is 48.4 Å². The van der Waals surface area contributed by atoms with Crippen molar-refractivity contribution in [3.8, 4) is 0 Å². The Morgan fingerprint density at radius 2 is 1.79 bits per heavy atom. The monoisotopic (exact) mass is 529 g/mol. The number of hydrogen-bond donors (Lipinski definition) is 1. The molecule has 1 aliphatic rings. The minimum Gasteiger partial charge on any atom is -0.416 e. The fraction of sp³-hybridized carbons (Fsp3) is 0.304. The molecule has 2 aromatic carbocycles. The van der Waals surface area contributed by atoms with Crippen molar-refractivity contribution < 1.29 is 14.0 Å². The summed E-state index contributed by atoms with van der Waals surface area (Å²) < 4.78 is 6.21. The Morgan fingerprint density at radius 1 is 1.06 bits per heavy atom. The van der Waals surface area contributed by atoms with Crippen LogP contribution < -0.4 is 10.2 Å². The Kier molecular flexibility index (Phi) is 7.66. The summed E-state index contributed by atoms with van der Waals surface area (Å²) in [6.07, 6.45) is 0.669. The van der Waals surface area contributed by atoms with E-state index in [9.17, 15) is 9.59 Å². The van der Waals surface area contributed by atoms with Crippen LogP contribution in [0.5, 0.6) is 0 Å². The standard InChI is InChI=1S/C23H24BrN5O3S/c1-2-21-26-27-23(32-21)33-15-20(30)25-16-7-9-17(10-8-16)28-11-13-29(14-12-28)22(31)18-5-3-4-6-19(18)24/h3-10H,2,11-15H2,1H3,(H,25,30). The molecule has 0 aliphatic carbocycles. The Balaban J connectivity index is 1.26. The zero-order valence-electron chi connectivity index (χ0n) is 18.2. The van der Waals surface area contributed by atoms with Gasteiger partial charge in [0.25, 0.3) is 11.1 Å². The van der Waals surface area contributed by atoms with Gasteiger partial charge in [-0.3, -0.25) is 9.59 Å². The van der Waals surface area contributed by atoms with Crippen LogP contribution in [0.15, 0.2) is 62.6 Å². The first kappa shape index (κ1) is 23.3. The van der Waals surface area contributed by atoms with Crippen LogP contribution in [0.3, 0.4) is 0 Å². The van der Waals surface area contributed by atoms with Crippen molar-refractivity contribution in [2.45, 2.75) is 18.6 Å². The third kappa shape index (κ3) is 5.94. The number of thioether (sulfide) groups is 1. The van der Waals surface area contributed by atoms with Crippen LogP contribution in [0.4, 0.5) is 11.4 Å². The topological polar surface area (TPSA) is 91.6 Å². The van der Waals surface area contributed by atoms with E-state index < -0.39 is 0 Å². The summed E-state index contributed by atoms with van der Waals surface area (Å²) in [5.74, 6) is 0.667. The minimum absolute atomic E-state index is 0.0458. The molecule has 1 aliphatic heterocycles. The Bertz CT molecular complexity index is 1110. The lowest BCUT2D eigenvalue weighted by atomic mass is 10.1. The summed E-state index contributed by atoms with van der Waals surface area (Å²) in [6, 6.07) is 15.3. The van der Waals surface area contributed by atoms with Crippen LogP contribution in [0.25, 0.3) is 0 Å². The van der Waals surface area contributed by atoms with Crippen molar-refractivity contribution >= 4 is 50.9 Å². The van der Waals surface area contributed by atoms with Gasteiger partial charge in [0.15, 0.2) is 0 Å². The van der Waals surface area contributed by atoms with E-state index in [1.807, 2.05) is 60.4 Å². The van der Waals surface area contributed by atoms with Gasteiger partial charge >= 0.3 is 0 Å². The second kappa shape index (κ2) is 10.8. The van der Waals surface area contributed by atoms with Crippen LogP contribution in [0.2, 0.25) is 0 Å². The van der Waals surface area contributed by atoms with E-state index >= 15 is 0 Å². The predicted molar refractivity (Wildman–Crippen MR) is 132 cm³/mol. The number of carbonyl (C=O) groups is 2.